The summed E-state index contributed by atoms with van der Waals surface area (Å²) in [6.45, 7) is 8.55. The van der Waals surface area contributed by atoms with Crippen molar-refractivity contribution in [1.82, 2.24) is 14.5 Å². The summed E-state index contributed by atoms with van der Waals surface area (Å²) < 4.78 is 2.32. The van der Waals surface area contributed by atoms with Crippen LogP contribution in [0, 0.1) is 0 Å². The van der Waals surface area contributed by atoms with Crippen molar-refractivity contribution in [2.45, 2.75) is 57.9 Å². The van der Waals surface area contributed by atoms with E-state index in [0.29, 0.717) is 5.92 Å². The number of hydrogen-bond donors (Lipinski definition) is 1. The molecule has 2 N–H and O–H groups in total. The van der Waals surface area contributed by atoms with Gasteiger partial charge in [-0.15, -0.1) is 0 Å². The van der Waals surface area contributed by atoms with Crippen molar-refractivity contribution in [3.63, 3.8) is 0 Å². The fourth-order valence-corrected chi connectivity index (χ4v) is 3.40. The number of nitrogens with zero attached hydrogens (tertiary/aromatic N) is 4. The van der Waals surface area contributed by atoms with Crippen molar-refractivity contribution < 1.29 is 4.79 Å². The first-order chi connectivity index (χ1) is 11.0. The summed E-state index contributed by atoms with van der Waals surface area (Å²) in [4.78, 5) is 17.3. The minimum atomic E-state index is 0.0981. The molecule has 1 aliphatic rings. The van der Waals surface area contributed by atoms with Crippen LogP contribution in [0.3, 0.4) is 0 Å². The normalized spacial score (nSPS) is 16.9. The molecule has 6 heteroatoms. The smallest absolute Gasteiger partial charge is 0.144 e. The summed E-state index contributed by atoms with van der Waals surface area (Å²) in [6, 6.07) is 2.08. The molecule has 0 unspecified atom stereocenters. The van der Waals surface area contributed by atoms with Gasteiger partial charge in [0, 0.05) is 23.0 Å². The van der Waals surface area contributed by atoms with Crippen LogP contribution >= 0.6 is 0 Å². The Morgan fingerprint density at radius 2 is 2.04 bits per heavy atom. The highest BCUT2D eigenvalue weighted by Crippen LogP contribution is 2.39. The van der Waals surface area contributed by atoms with E-state index >= 15 is 0 Å². The molecule has 0 spiro atoms. The van der Waals surface area contributed by atoms with Gasteiger partial charge in [-0.3, -0.25) is 0 Å². The molecule has 2 aromatic rings. The average Bonchev–Trinajstić information content (AvgIpc) is 3.13. The Balaban J connectivity index is 0.000000924. The maximum atomic E-state index is 8.00. The molecule has 0 aliphatic heterocycles. The van der Waals surface area contributed by atoms with Crippen molar-refractivity contribution in [3.8, 4) is 0 Å². The zero-order valence-electron chi connectivity index (χ0n) is 14.1. The molecule has 6 nitrogen and oxygen atoms in total. The number of carbonyl (C=O) groups is 1. The van der Waals surface area contributed by atoms with Crippen LogP contribution in [-0.4, -0.2) is 27.5 Å². The number of fused-ring (bicyclic) bond motifs is 1. The number of hydrazone groups is 1. The third kappa shape index (κ3) is 3.11. The van der Waals surface area contributed by atoms with Crippen LogP contribution in [0.25, 0.3) is 11.0 Å². The van der Waals surface area contributed by atoms with Gasteiger partial charge in [0.1, 0.15) is 18.3 Å². The van der Waals surface area contributed by atoms with Gasteiger partial charge in [0.05, 0.1) is 11.9 Å². The third-order valence-corrected chi connectivity index (χ3v) is 4.53. The quantitative estimate of drug-likeness (QED) is 0.536. The van der Waals surface area contributed by atoms with E-state index in [0.717, 1.165) is 22.6 Å². The lowest BCUT2D eigenvalue weighted by Gasteiger charge is -2.28. The van der Waals surface area contributed by atoms with Crippen molar-refractivity contribution in [1.29, 1.82) is 0 Å². The van der Waals surface area contributed by atoms with Gasteiger partial charge in [0.2, 0.25) is 0 Å². The number of rotatable bonds is 3. The molecule has 2 aromatic heterocycles. The van der Waals surface area contributed by atoms with E-state index in [-0.39, 0.29) is 5.54 Å². The molecule has 0 saturated heterocycles. The minimum Gasteiger partial charge on any atom is -0.323 e. The molecular weight excluding hydrogens is 290 g/mol. The van der Waals surface area contributed by atoms with E-state index in [1.807, 2.05) is 13.0 Å². The topological polar surface area (TPSA) is 86.2 Å². The maximum absolute atomic E-state index is 8.00. The van der Waals surface area contributed by atoms with Crippen LogP contribution in [-0.2, 0) is 10.3 Å². The Morgan fingerprint density at radius 1 is 1.39 bits per heavy atom. The van der Waals surface area contributed by atoms with E-state index in [1.165, 1.54) is 25.7 Å². The van der Waals surface area contributed by atoms with Crippen LogP contribution in [0.1, 0.15) is 63.9 Å². The first-order valence-corrected chi connectivity index (χ1v) is 7.96. The molecule has 3 rings (SSSR count). The summed E-state index contributed by atoms with van der Waals surface area (Å²) in [5.74, 6) is 6.60. The molecule has 23 heavy (non-hydrogen) atoms. The van der Waals surface area contributed by atoms with Crippen molar-refractivity contribution in [3.05, 3.63) is 23.8 Å². The Morgan fingerprint density at radius 3 is 2.61 bits per heavy atom. The second-order valence-corrected chi connectivity index (χ2v) is 6.55. The van der Waals surface area contributed by atoms with Crippen LogP contribution in [0.4, 0.5) is 0 Å². The second-order valence-electron chi connectivity index (χ2n) is 6.55. The molecule has 0 amide bonds. The van der Waals surface area contributed by atoms with E-state index in [4.69, 9.17) is 15.6 Å². The fourth-order valence-electron chi connectivity index (χ4n) is 3.40. The molecule has 1 fully saturated rings. The summed E-state index contributed by atoms with van der Waals surface area (Å²) in [5.41, 5.74) is 2.13. The monoisotopic (exact) mass is 315 g/mol. The highest BCUT2D eigenvalue weighted by Gasteiger charge is 2.33. The first-order valence-electron chi connectivity index (χ1n) is 7.96. The third-order valence-electron chi connectivity index (χ3n) is 4.53. The van der Waals surface area contributed by atoms with Crippen LogP contribution in [0.5, 0.6) is 0 Å². The Bertz CT molecular complexity index is 698. The molecule has 1 saturated carbocycles. The fraction of sp³-hybridized carbons (Fsp3) is 0.529. The second kappa shape index (κ2) is 6.89. The molecule has 1 aliphatic carbocycles. The summed E-state index contributed by atoms with van der Waals surface area (Å²) >= 11 is 0. The van der Waals surface area contributed by atoms with Gasteiger partial charge in [-0.2, -0.15) is 5.10 Å². The van der Waals surface area contributed by atoms with Crippen LogP contribution < -0.4 is 5.84 Å². The number of aromatic nitrogens is 3. The van der Waals surface area contributed by atoms with Crippen molar-refractivity contribution in [2.75, 3.05) is 0 Å². The zero-order chi connectivity index (χ0) is 17.0. The standard InChI is InChI=1S/C16H23N5.CH2O/c1-11(2)14-18-9-12-8-13(10-19-17)21(15(12)20-14)16(3)6-4-5-7-16;1-2/h8-11H,4-7,17H2,1-3H3;1H2/b19-10-;. The predicted molar refractivity (Wildman–Crippen MR) is 92.6 cm³/mol. The number of nitrogens with two attached hydrogens (primary N) is 1. The highest BCUT2D eigenvalue weighted by atomic mass is 16.1. The van der Waals surface area contributed by atoms with Gasteiger partial charge in [-0.05, 0) is 25.8 Å². The van der Waals surface area contributed by atoms with E-state index in [2.05, 4.69) is 41.5 Å². The first kappa shape index (κ1) is 17.1. The molecule has 2 heterocycles. The SMILES string of the molecule is C=O.CC(C)c1ncc2cc(/C=N\N)n(C3(C)CCCC3)c2n1. The summed E-state index contributed by atoms with van der Waals surface area (Å²) in [7, 11) is 0. The lowest BCUT2D eigenvalue weighted by atomic mass is 10.00. The predicted octanol–water partition coefficient (Wildman–Crippen LogP) is 2.95. The molecular formula is C17H25N5O. The maximum Gasteiger partial charge on any atom is 0.144 e. The van der Waals surface area contributed by atoms with Crippen LogP contribution in [0.15, 0.2) is 17.4 Å². The Kier molecular flexibility index (Phi) is 5.13. The van der Waals surface area contributed by atoms with Crippen LogP contribution in [0.2, 0.25) is 0 Å². The Hall–Kier alpha value is -2.24. The lowest BCUT2D eigenvalue weighted by Crippen LogP contribution is -2.28. The number of carbonyl (C=O) groups excluding carboxylic acids is 1. The van der Waals surface area contributed by atoms with Gasteiger partial charge in [-0.25, -0.2) is 9.97 Å². The summed E-state index contributed by atoms with van der Waals surface area (Å²) in [5, 5.41) is 4.79. The molecule has 124 valence electrons. The zero-order valence-corrected chi connectivity index (χ0v) is 14.1. The van der Waals surface area contributed by atoms with Gasteiger partial charge in [0.25, 0.3) is 0 Å². The lowest BCUT2D eigenvalue weighted by molar-refractivity contribution is -0.0979. The van der Waals surface area contributed by atoms with E-state index < -0.39 is 0 Å². The van der Waals surface area contributed by atoms with Gasteiger partial charge in [0.15, 0.2) is 0 Å². The molecule has 0 radical (unpaired) electrons. The van der Waals surface area contributed by atoms with Crippen molar-refractivity contribution >= 4 is 24.0 Å². The van der Waals surface area contributed by atoms with Crippen molar-refractivity contribution in [2.24, 2.45) is 10.9 Å². The molecule has 0 atom stereocenters. The highest BCUT2D eigenvalue weighted by molar-refractivity contribution is 5.88. The Labute approximate surface area is 136 Å². The van der Waals surface area contributed by atoms with Gasteiger partial charge in [-0.1, -0.05) is 26.7 Å². The minimum absolute atomic E-state index is 0.0981. The largest absolute Gasteiger partial charge is 0.323 e. The molecule has 0 aromatic carbocycles. The van der Waals surface area contributed by atoms with Gasteiger partial charge < -0.3 is 15.2 Å². The average molecular weight is 315 g/mol. The van der Waals surface area contributed by atoms with E-state index in [1.54, 1.807) is 6.21 Å². The molecule has 0 bridgehead atoms. The number of hydrogen-bond acceptors (Lipinski definition) is 5. The van der Waals surface area contributed by atoms with Gasteiger partial charge >= 0.3 is 0 Å². The van der Waals surface area contributed by atoms with E-state index in [9.17, 15) is 0 Å². The summed E-state index contributed by atoms with van der Waals surface area (Å²) in [6.07, 6.45) is 8.50.